The number of nitrogens with one attached hydrogen (secondary N) is 1. The summed E-state index contributed by atoms with van der Waals surface area (Å²) in [5.41, 5.74) is 3.09. The summed E-state index contributed by atoms with van der Waals surface area (Å²) in [5.74, 6) is 1.42. The molecule has 1 aliphatic rings. The fourth-order valence-corrected chi connectivity index (χ4v) is 3.72. The Labute approximate surface area is 164 Å². The molecule has 148 valence electrons. The number of aromatic amines is 1. The Morgan fingerprint density at radius 2 is 1.86 bits per heavy atom. The van der Waals surface area contributed by atoms with E-state index in [-0.39, 0.29) is 18.2 Å². The van der Waals surface area contributed by atoms with E-state index >= 15 is 0 Å². The minimum atomic E-state index is -0.292. The van der Waals surface area contributed by atoms with Gasteiger partial charge in [-0.1, -0.05) is 38.1 Å². The predicted molar refractivity (Wildman–Crippen MR) is 110 cm³/mol. The molecule has 28 heavy (non-hydrogen) atoms. The number of hydrogen-bond donors (Lipinski definition) is 2. The summed E-state index contributed by atoms with van der Waals surface area (Å²) in [6.07, 6.45) is 2.24. The normalized spacial score (nSPS) is 15.4. The van der Waals surface area contributed by atoms with Gasteiger partial charge in [0.1, 0.15) is 11.1 Å². The van der Waals surface area contributed by atoms with Crippen LogP contribution in [0.2, 0.25) is 0 Å². The number of aliphatic hydroxyl groups is 1. The molecule has 1 saturated carbocycles. The first-order valence-corrected chi connectivity index (χ1v) is 9.80. The molecule has 0 saturated heterocycles. The number of nitrogens with zero attached hydrogens (tertiary/aromatic N) is 4. The maximum absolute atomic E-state index is 12.7. The van der Waals surface area contributed by atoms with Gasteiger partial charge in [0.05, 0.1) is 12.6 Å². The maximum Gasteiger partial charge on any atom is 0.263 e. The molecular formula is C21H27N5O2. The Balaban J connectivity index is 1.90. The average Bonchev–Trinajstić information content (AvgIpc) is 3.43. The van der Waals surface area contributed by atoms with Crippen molar-refractivity contribution in [2.24, 2.45) is 5.92 Å². The molecule has 0 aliphatic heterocycles. The summed E-state index contributed by atoms with van der Waals surface area (Å²) >= 11 is 0. The topological polar surface area (TPSA) is 87.0 Å². The van der Waals surface area contributed by atoms with Crippen LogP contribution in [0.4, 0.5) is 5.95 Å². The van der Waals surface area contributed by atoms with Gasteiger partial charge in [-0.05, 0) is 35.8 Å². The third-order valence-electron chi connectivity index (χ3n) is 5.47. The molecular weight excluding hydrogens is 354 g/mol. The van der Waals surface area contributed by atoms with Crippen LogP contribution in [-0.2, 0) is 6.61 Å². The van der Waals surface area contributed by atoms with Gasteiger partial charge in [0.25, 0.3) is 5.56 Å². The summed E-state index contributed by atoms with van der Waals surface area (Å²) in [5, 5.41) is 14.8. The molecule has 0 unspecified atom stereocenters. The lowest BCUT2D eigenvalue weighted by atomic mass is 9.97. The van der Waals surface area contributed by atoms with Crippen LogP contribution >= 0.6 is 0 Å². The van der Waals surface area contributed by atoms with Crippen molar-refractivity contribution in [1.29, 1.82) is 0 Å². The van der Waals surface area contributed by atoms with Crippen molar-refractivity contribution in [2.75, 3.05) is 19.0 Å². The number of rotatable bonds is 6. The minimum absolute atomic E-state index is 0.00771. The first-order valence-electron chi connectivity index (χ1n) is 9.80. The van der Waals surface area contributed by atoms with E-state index in [9.17, 15) is 9.90 Å². The quantitative estimate of drug-likeness (QED) is 0.686. The van der Waals surface area contributed by atoms with Gasteiger partial charge in [-0.15, -0.1) is 0 Å². The summed E-state index contributed by atoms with van der Waals surface area (Å²) < 4.78 is 1.85. The number of aliphatic hydroxyl groups excluding tert-OH is 1. The Hall–Kier alpha value is -2.67. The molecule has 0 radical (unpaired) electrons. The smallest absolute Gasteiger partial charge is 0.263 e. The first-order chi connectivity index (χ1) is 13.4. The van der Waals surface area contributed by atoms with E-state index in [1.165, 1.54) is 5.56 Å². The van der Waals surface area contributed by atoms with Crippen molar-refractivity contribution in [3.63, 3.8) is 0 Å². The highest BCUT2D eigenvalue weighted by Gasteiger charge is 2.36. The van der Waals surface area contributed by atoms with Crippen molar-refractivity contribution < 1.29 is 5.11 Å². The highest BCUT2D eigenvalue weighted by atomic mass is 16.3. The van der Waals surface area contributed by atoms with E-state index in [0.717, 1.165) is 18.4 Å². The van der Waals surface area contributed by atoms with Crippen LogP contribution in [0, 0.1) is 5.92 Å². The fraction of sp³-hybridized carbons (Fsp3) is 0.476. The maximum atomic E-state index is 12.7. The number of fused-ring (bicyclic) bond motifs is 1. The molecule has 2 N–H and O–H groups in total. The lowest BCUT2D eigenvalue weighted by Gasteiger charge is -2.20. The number of benzene rings is 1. The molecule has 1 atom stereocenters. The van der Waals surface area contributed by atoms with E-state index in [1.54, 1.807) is 4.90 Å². The fourth-order valence-electron chi connectivity index (χ4n) is 3.72. The van der Waals surface area contributed by atoms with Crippen LogP contribution in [0.5, 0.6) is 0 Å². The van der Waals surface area contributed by atoms with E-state index in [1.807, 2.05) is 18.8 Å². The number of aromatic nitrogens is 4. The summed E-state index contributed by atoms with van der Waals surface area (Å²) in [6, 6.07) is 8.65. The summed E-state index contributed by atoms with van der Waals surface area (Å²) in [4.78, 5) is 21.9. The van der Waals surface area contributed by atoms with Crippen LogP contribution in [0.3, 0.4) is 0 Å². The highest BCUT2D eigenvalue weighted by Crippen LogP contribution is 2.44. The van der Waals surface area contributed by atoms with Crippen molar-refractivity contribution in [3.05, 3.63) is 51.4 Å². The van der Waals surface area contributed by atoms with Gasteiger partial charge in [0, 0.05) is 14.1 Å². The zero-order valence-electron chi connectivity index (χ0n) is 16.8. The third kappa shape index (κ3) is 3.20. The van der Waals surface area contributed by atoms with Gasteiger partial charge in [-0.3, -0.25) is 9.78 Å². The molecule has 1 aromatic carbocycles. The van der Waals surface area contributed by atoms with Crippen molar-refractivity contribution in [1.82, 2.24) is 19.7 Å². The number of H-pyrrole nitrogens is 1. The molecule has 7 nitrogen and oxygen atoms in total. The van der Waals surface area contributed by atoms with Gasteiger partial charge >= 0.3 is 0 Å². The van der Waals surface area contributed by atoms with Crippen LogP contribution in [-0.4, -0.2) is 39.0 Å². The second-order valence-corrected chi connectivity index (χ2v) is 8.14. The van der Waals surface area contributed by atoms with E-state index in [2.05, 4.69) is 53.2 Å². The van der Waals surface area contributed by atoms with E-state index in [4.69, 9.17) is 0 Å². The van der Waals surface area contributed by atoms with Crippen LogP contribution in [0.15, 0.2) is 29.1 Å². The van der Waals surface area contributed by atoms with Crippen molar-refractivity contribution in [3.8, 4) is 0 Å². The molecule has 0 spiro atoms. The molecule has 4 rings (SSSR count). The van der Waals surface area contributed by atoms with Crippen LogP contribution < -0.4 is 10.5 Å². The molecule has 1 fully saturated rings. The summed E-state index contributed by atoms with van der Waals surface area (Å²) in [6.45, 7) is 4.07. The van der Waals surface area contributed by atoms with Gasteiger partial charge in [-0.2, -0.15) is 10.1 Å². The lowest BCUT2D eigenvalue weighted by Crippen LogP contribution is -2.20. The second kappa shape index (κ2) is 7.05. The van der Waals surface area contributed by atoms with Gasteiger partial charge < -0.3 is 10.0 Å². The summed E-state index contributed by atoms with van der Waals surface area (Å²) in [7, 11) is 3.67. The standard InChI is InChI=1S/C21H27N5O2/c1-12(2)13-5-7-14(8-6-13)18(15-9-10-15)26-19-17(16(11-27)24-26)20(28)23-21(22-19)25(3)4/h5-8,12,15,18,27H,9-11H2,1-4H3,(H,22,23,28)/t18-/m1/s1. The third-order valence-corrected chi connectivity index (χ3v) is 5.47. The number of hydrogen-bond acceptors (Lipinski definition) is 5. The van der Waals surface area contributed by atoms with Crippen molar-refractivity contribution >= 4 is 17.0 Å². The van der Waals surface area contributed by atoms with Crippen LogP contribution in [0.1, 0.15) is 55.5 Å². The van der Waals surface area contributed by atoms with E-state index < -0.39 is 0 Å². The molecule has 2 heterocycles. The molecule has 7 heteroatoms. The molecule has 3 aromatic rings. The molecule has 0 bridgehead atoms. The van der Waals surface area contributed by atoms with Crippen molar-refractivity contribution in [2.45, 2.75) is 45.3 Å². The number of anilines is 1. The van der Waals surface area contributed by atoms with Crippen LogP contribution in [0.25, 0.3) is 11.0 Å². The van der Waals surface area contributed by atoms with Gasteiger partial charge in [0.2, 0.25) is 5.95 Å². The minimum Gasteiger partial charge on any atom is -0.390 e. The van der Waals surface area contributed by atoms with Gasteiger partial charge in [0.15, 0.2) is 5.65 Å². The molecule has 0 amide bonds. The molecule has 2 aromatic heterocycles. The Bertz CT molecular complexity index is 1050. The monoisotopic (exact) mass is 381 g/mol. The Morgan fingerprint density at radius 3 is 2.39 bits per heavy atom. The Morgan fingerprint density at radius 1 is 1.21 bits per heavy atom. The predicted octanol–water partition coefficient (Wildman–Crippen LogP) is 2.80. The average molecular weight is 381 g/mol. The molecule has 1 aliphatic carbocycles. The zero-order valence-corrected chi connectivity index (χ0v) is 16.8. The largest absolute Gasteiger partial charge is 0.390 e. The van der Waals surface area contributed by atoms with Gasteiger partial charge in [-0.25, -0.2) is 4.68 Å². The first kappa shape index (κ1) is 18.7. The lowest BCUT2D eigenvalue weighted by molar-refractivity contribution is 0.275. The second-order valence-electron chi connectivity index (χ2n) is 8.14. The SMILES string of the molecule is CC(C)c1ccc([C@H](C2CC2)n2nc(CO)c3c(=O)[nH]c(N(C)C)nc32)cc1. The zero-order chi connectivity index (χ0) is 20.0. The Kier molecular flexibility index (Phi) is 4.71. The highest BCUT2D eigenvalue weighted by molar-refractivity contribution is 5.78. The van der Waals surface area contributed by atoms with E-state index in [0.29, 0.717) is 34.5 Å².